The molecule has 1 aliphatic rings. The molecule has 1 heterocycles. The van der Waals surface area contributed by atoms with Crippen LogP contribution < -0.4 is 5.32 Å². The van der Waals surface area contributed by atoms with Crippen molar-refractivity contribution in [3.63, 3.8) is 0 Å². The Morgan fingerprint density at radius 3 is 2.47 bits per heavy atom. The molecule has 5 nitrogen and oxygen atoms in total. The predicted octanol–water partition coefficient (Wildman–Crippen LogP) is 0.896. The van der Waals surface area contributed by atoms with Gasteiger partial charge in [-0.25, -0.2) is 4.79 Å². The van der Waals surface area contributed by atoms with Crippen LogP contribution in [0, 0.1) is 0 Å². The fourth-order valence-corrected chi connectivity index (χ4v) is 1.58. The summed E-state index contributed by atoms with van der Waals surface area (Å²) in [4.78, 5) is 23.7. The van der Waals surface area contributed by atoms with Gasteiger partial charge in [-0.05, 0) is 6.92 Å². The number of alkyl halides is 3. The molecule has 1 saturated heterocycles. The molecule has 8 heteroatoms. The van der Waals surface area contributed by atoms with E-state index in [0.717, 1.165) is 0 Å². The number of urea groups is 1. The van der Waals surface area contributed by atoms with E-state index in [1.165, 1.54) is 14.0 Å². The van der Waals surface area contributed by atoms with Crippen molar-refractivity contribution < 1.29 is 27.5 Å². The Hall–Kier alpha value is -1.31. The Labute approximate surface area is 95.9 Å². The predicted molar refractivity (Wildman–Crippen MR) is 51.2 cm³/mol. The maximum atomic E-state index is 12.0. The summed E-state index contributed by atoms with van der Waals surface area (Å²) < 4.78 is 40.8. The number of imide groups is 1. The number of hydrogen-bond acceptors (Lipinski definition) is 3. The second-order valence-electron chi connectivity index (χ2n) is 4.02. The van der Waals surface area contributed by atoms with Gasteiger partial charge in [-0.1, -0.05) is 0 Å². The van der Waals surface area contributed by atoms with E-state index in [1.54, 1.807) is 0 Å². The average molecular weight is 254 g/mol. The second-order valence-corrected chi connectivity index (χ2v) is 4.02. The lowest BCUT2D eigenvalue weighted by atomic mass is 10.0. The normalized spacial score (nSPS) is 25.4. The van der Waals surface area contributed by atoms with Crippen molar-refractivity contribution in [2.45, 2.75) is 25.1 Å². The van der Waals surface area contributed by atoms with Gasteiger partial charge in [0.05, 0.1) is 13.0 Å². The van der Waals surface area contributed by atoms with Gasteiger partial charge in [0.15, 0.2) is 0 Å². The van der Waals surface area contributed by atoms with Gasteiger partial charge < -0.3 is 10.1 Å². The van der Waals surface area contributed by atoms with E-state index in [9.17, 15) is 22.8 Å². The van der Waals surface area contributed by atoms with Crippen LogP contribution in [-0.2, 0) is 9.53 Å². The number of nitrogens with one attached hydrogen (secondary N) is 1. The lowest BCUT2D eigenvalue weighted by molar-refractivity contribution is -0.143. The lowest BCUT2D eigenvalue weighted by Crippen LogP contribution is -2.48. The highest BCUT2D eigenvalue weighted by atomic mass is 19.4. The minimum atomic E-state index is -4.40. The minimum Gasteiger partial charge on any atom is -0.382 e. The maximum Gasteiger partial charge on any atom is 0.390 e. The summed E-state index contributed by atoms with van der Waals surface area (Å²) in [5.41, 5.74) is -1.28. The molecule has 17 heavy (non-hydrogen) atoms. The number of halogens is 3. The van der Waals surface area contributed by atoms with Crippen molar-refractivity contribution in [1.82, 2.24) is 10.2 Å². The molecule has 1 unspecified atom stereocenters. The first-order valence-corrected chi connectivity index (χ1v) is 4.89. The smallest absolute Gasteiger partial charge is 0.382 e. The fraction of sp³-hybridized carbons (Fsp3) is 0.778. The lowest BCUT2D eigenvalue weighted by Gasteiger charge is -2.20. The first kappa shape index (κ1) is 13.8. The van der Waals surface area contributed by atoms with Crippen LogP contribution in [0.4, 0.5) is 18.0 Å². The number of nitrogens with zero attached hydrogens (tertiary/aromatic N) is 1. The van der Waals surface area contributed by atoms with E-state index < -0.39 is 36.6 Å². The van der Waals surface area contributed by atoms with Crippen LogP contribution in [0.5, 0.6) is 0 Å². The third kappa shape index (κ3) is 3.09. The van der Waals surface area contributed by atoms with Crippen LogP contribution in [0.15, 0.2) is 0 Å². The summed E-state index contributed by atoms with van der Waals surface area (Å²) in [6.07, 6.45) is -5.62. The Kier molecular flexibility index (Phi) is 3.65. The number of hydrogen-bond donors (Lipinski definition) is 1. The molecule has 0 aromatic rings. The Morgan fingerprint density at radius 1 is 1.41 bits per heavy atom. The van der Waals surface area contributed by atoms with Crippen LogP contribution in [0.3, 0.4) is 0 Å². The number of methoxy groups -OCH3 is 1. The molecule has 0 radical (unpaired) electrons. The van der Waals surface area contributed by atoms with Gasteiger partial charge in [-0.2, -0.15) is 13.2 Å². The Bertz CT molecular complexity index is 332. The van der Waals surface area contributed by atoms with Crippen molar-refractivity contribution in [2.75, 3.05) is 20.3 Å². The summed E-state index contributed by atoms with van der Waals surface area (Å²) in [5, 5.41) is 2.31. The third-order valence-electron chi connectivity index (χ3n) is 2.40. The van der Waals surface area contributed by atoms with Gasteiger partial charge in [0.1, 0.15) is 5.54 Å². The number of rotatable bonds is 4. The first-order chi connectivity index (χ1) is 7.69. The van der Waals surface area contributed by atoms with E-state index in [1.807, 2.05) is 0 Å². The number of carbonyl (C=O) groups is 2. The molecule has 1 fully saturated rings. The Balaban J connectivity index is 2.69. The van der Waals surface area contributed by atoms with Crippen molar-refractivity contribution in [2.24, 2.45) is 0 Å². The van der Waals surface area contributed by atoms with Crippen LogP contribution in [-0.4, -0.2) is 48.8 Å². The van der Waals surface area contributed by atoms with Gasteiger partial charge in [0.25, 0.3) is 5.91 Å². The van der Waals surface area contributed by atoms with Crippen molar-refractivity contribution >= 4 is 11.9 Å². The number of carbonyl (C=O) groups excluding carboxylic acids is 2. The highest BCUT2D eigenvalue weighted by Crippen LogP contribution is 2.23. The van der Waals surface area contributed by atoms with Crippen LogP contribution in [0.25, 0.3) is 0 Å². The van der Waals surface area contributed by atoms with Crippen LogP contribution in [0.2, 0.25) is 0 Å². The summed E-state index contributed by atoms with van der Waals surface area (Å²) in [7, 11) is 1.34. The molecule has 0 saturated carbocycles. The van der Waals surface area contributed by atoms with E-state index in [0.29, 0.717) is 4.90 Å². The quantitative estimate of drug-likeness (QED) is 0.758. The average Bonchev–Trinajstić information content (AvgIpc) is 2.35. The fourth-order valence-electron chi connectivity index (χ4n) is 1.58. The van der Waals surface area contributed by atoms with Gasteiger partial charge in [0.2, 0.25) is 0 Å². The van der Waals surface area contributed by atoms with E-state index in [4.69, 9.17) is 4.74 Å². The molecule has 98 valence electrons. The highest BCUT2D eigenvalue weighted by molar-refractivity contribution is 6.06. The van der Waals surface area contributed by atoms with Gasteiger partial charge in [-0.3, -0.25) is 9.69 Å². The standard InChI is InChI=1S/C9H13F3N2O3/c1-8(5-17-2)6(15)14(7(16)13-8)4-3-9(10,11)12/h3-5H2,1-2H3,(H,13,16). The van der Waals surface area contributed by atoms with Crippen molar-refractivity contribution in [3.8, 4) is 0 Å². The van der Waals surface area contributed by atoms with Crippen molar-refractivity contribution in [3.05, 3.63) is 0 Å². The molecule has 1 N–H and O–H groups in total. The summed E-state index contributed by atoms with van der Waals surface area (Å²) in [5.74, 6) is -0.700. The summed E-state index contributed by atoms with van der Waals surface area (Å²) in [6.45, 7) is 0.651. The monoisotopic (exact) mass is 254 g/mol. The minimum absolute atomic E-state index is 0.0832. The second kappa shape index (κ2) is 4.52. The summed E-state index contributed by atoms with van der Waals surface area (Å²) >= 11 is 0. The topological polar surface area (TPSA) is 58.6 Å². The molecule has 0 aromatic heterocycles. The Morgan fingerprint density at radius 2 is 2.00 bits per heavy atom. The van der Waals surface area contributed by atoms with E-state index >= 15 is 0 Å². The van der Waals surface area contributed by atoms with Gasteiger partial charge in [0, 0.05) is 13.7 Å². The molecule has 1 aliphatic heterocycles. The number of ether oxygens (including phenoxy) is 1. The molecule has 3 amide bonds. The molecule has 0 aromatic carbocycles. The van der Waals surface area contributed by atoms with Crippen LogP contribution >= 0.6 is 0 Å². The van der Waals surface area contributed by atoms with Gasteiger partial charge >= 0.3 is 12.2 Å². The van der Waals surface area contributed by atoms with Crippen molar-refractivity contribution in [1.29, 1.82) is 0 Å². The molecular weight excluding hydrogens is 241 g/mol. The van der Waals surface area contributed by atoms with E-state index in [2.05, 4.69) is 5.32 Å². The van der Waals surface area contributed by atoms with E-state index in [-0.39, 0.29) is 6.61 Å². The first-order valence-electron chi connectivity index (χ1n) is 4.89. The molecule has 0 spiro atoms. The van der Waals surface area contributed by atoms with Gasteiger partial charge in [-0.15, -0.1) is 0 Å². The molecule has 0 aliphatic carbocycles. The molecular formula is C9H13F3N2O3. The maximum absolute atomic E-state index is 12.0. The molecule has 1 atom stereocenters. The SMILES string of the molecule is COCC1(C)NC(=O)N(CCC(F)(F)F)C1=O. The molecule has 0 bridgehead atoms. The molecule has 1 rings (SSSR count). The third-order valence-corrected chi connectivity index (χ3v) is 2.40. The highest BCUT2D eigenvalue weighted by Gasteiger charge is 2.48. The summed E-state index contributed by atoms with van der Waals surface area (Å²) in [6, 6.07) is -0.821. The zero-order valence-corrected chi connectivity index (χ0v) is 9.43. The zero-order valence-electron chi connectivity index (χ0n) is 9.43. The number of amides is 3. The largest absolute Gasteiger partial charge is 0.390 e. The van der Waals surface area contributed by atoms with Crippen LogP contribution in [0.1, 0.15) is 13.3 Å². The zero-order chi connectivity index (χ0) is 13.3.